The van der Waals surface area contributed by atoms with Crippen LogP contribution in [0.3, 0.4) is 0 Å². The average molecular weight is 522 g/mol. The number of benzene rings is 2. The van der Waals surface area contributed by atoms with E-state index in [1.54, 1.807) is 29.8 Å². The van der Waals surface area contributed by atoms with E-state index in [-0.39, 0.29) is 13.2 Å². The molecule has 0 N–H and O–H groups in total. The number of para-hydroxylation sites is 1. The number of methoxy groups -OCH3 is 3. The van der Waals surface area contributed by atoms with Crippen LogP contribution >= 0.6 is 0 Å². The summed E-state index contributed by atoms with van der Waals surface area (Å²) >= 11 is -2.80. The second-order valence-electron chi connectivity index (χ2n) is 6.73. The molecule has 0 aliphatic carbocycles. The Morgan fingerprint density at radius 2 is 1.61 bits per heavy atom. The number of nitrogens with zero attached hydrogens (tertiary/aromatic N) is 1. The number of fused-ring (bicyclic) bond motifs is 1. The molecule has 33 heavy (non-hydrogen) atoms. The number of rotatable bonds is 10. The van der Waals surface area contributed by atoms with Crippen molar-refractivity contribution in [3.8, 4) is 17.2 Å². The number of aromatic nitrogens is 1. The number of carbonyl (C=O) groups excluding carboxylic acids is 2. The van der Waals surface area contributed by atoms with E-state index in [0.717, 1.165) is 10.9 Å². The molecule has 0 radical (unpaired) electrons. The Hall–Kier alpha value is -3.36. The van der Waals surface area contributed by atoms with E-state index in [2.05, 4.69) is 0 Å². The van der Waals surface area contributed by atoms with Crippen molar-refractivity contribution in [3.63, 3.8) is 0 Å². The van der Waals surface area contributed by atoms with E-state index < -0.39 is 32.4 Å². The molecule has 176 valence electrons. The third kappa shape index (κ3) is 5.35. The molecule has 0 saturated carbocycles. The fourth-order valence-corrected chi connectivity index (χ4v) is 5.99. The van der Waals surface area contributed by atoms with Crippen LogP contribution < -0.4 is 23.1 Å². The first-order valence-corrected chi connectivity index (χ1v) is 12.5. The molecule has 2 aromatic carbocycles. The van der Waals surface area contributed by atoms with Gasteiger partial charge in [-0.1, -0.05) is 0 Å². The van der Waals surface area contributed by atoms with Crippen LogP contribution in [0.1, 0.15) is 6.92 Å². The summed E-state index contributed by atoms with van der Waals surface area (Å²) in [5, 5.41) is 0.754. The third-order valence-corrected chi connectivity index (χ3v) is 7.67. The zero-order chi connectivity index (χ0) is 24.0. The van der Waals surface area contributed by atoms with Crippen molar-refractivity contribution >= 4 is 45.6 Å². The van der Waals surface area contributed by atoms with Crippen molar-refractivity contribution in [3.05, 3.63) is 42.6 Å². The van der Waals surface area contributed by atoms with Crippen LogP contribution in [0.15, 0.2) is 42.6 Å². The van der Waals surface area contributed by atoms with Crippen LogP contribution in [0.4, 0.5) is 0 Å². The summed E-state index contributed by atoms with van der Waals surface area (Å²) in [7, 11) is 4.49. The standard InChI is InChI=1S/C23H25NO8Se/c1-5-31-22(26)14-32-21(25)13-24-12-20(16-8-6-7-9-17(16)24)33(27)15-10-18(28-2)23(30-4)19(11-15)29-3/h6-12H,5,13-14H2,1-4H3. The first-order valence-electron chi connectivity index (χ1n) is 10.0. The Labute approximate surface area is 195 Å². The Balaban J connectivity index is 1.94. The molecule has 0 fully saturated rings. The maximum absolute atomic E-state index is 13.6. The van der Waals surface area contributed by atoms with E-state index in [9.17, 15) is 13.4 Å². The van der Waals surface area contributed by atoms with Crippen molar-refractivity contribution < 1.29 is 37.1 Å². The van der Waals surface area contributed by atoms with E-state index in [4.69, 9.17) is 23.7 Å². The minimum atomic E-state index is -2.80. The van der Waals surface area contributed by atoms with Gasteiger partial charge in [-0.05, 0) is 0 Å². The van der Waals surface area contributed by atoms with Gasteiger partial charge in [-0.15, -0.1) is 0 Å². The van der Waals surface area contributed by atoms with Crippen LogP contribution in [0.5, 0.6) is 17.2 Å². The van der Waals surface area contributed by atoms with E-state index in [0.29, 0.717) is 26.2 Å². The molecular weight excluding hydrogens is 497 g/mol. The number of carbonyl (C=O) groups is 2. The van der Waals surface area contributed by atoms with Gasteiger partial charge in [0.1, 0.15) is 0 Å². The monoisotopic (exact) mass is 523 g/mol. The van der Waals surface area contributed by atoms with Crippen LogP contribution in [0.2, 0.25) is 0 Å². The minimum absolute atomic E-state index is 0.145. The first-order chi connectivity index (χ1) is 15.9. The van der Waals surface area contributed by atoms with Crippen molar-refractivity contribution in [2.45, 2.75) is 13.5 Å². The molecule has 1 aromatic heterocycles. The Morgan fingerprint density at radius 3 is 2.21 bits per heavy atom. The first kappa shape index (κ1) is 24.3. The molecule has 3 aromatic rings. The third-order valence-electron chi connectivity index (χ3n) is 4.76. The Morgan fingerprint density at radius 1 is 0.939 bits per heavy atom. The van der Waals surface area contributed by atoms with Crippen LogP contribution in [0.25, 0.3) is 10.9 Å². The summed E-state index contributed by atoms with van der Waals surface area (Å²) in [6.07, 6.45) is 1.68. The van der Waals surface area contributed by atoms with Gasteiger partial charge in [-0.25, -0.2) is 0 Å². The zero-order valence-corrected chi connectivity index (χ0v) is 20.5. The summed E-state index contributed by atoms with van der Waals surface area (Å²) < 4.78 is 42.3. The predicted octanol–water partition coefficient (Wildman–Crippen LogP) is 1.31. The predicted molar refractivity (Wildman–Crippen MR) is 121 cm³/mol. The van der Waals surface area contributed by atoms with Gasteiger partial charge in [-0.3, -0.25) is 0 Å². The molecule has 0 aliphatic heterocycles. The average Bonchev–Trinajstić information content (AvgIpc) is 3.19. The van der Waals surface area contributed by atoms with E-state index in [1.165, 1.54) is 21.3 Å². The molecule has 1 unspecified atom stereocenters. The van der Waals surface area contributed by atoms with Gasteiger partial charge in [-0.2, -0.15) is 0 Å². The summed E-state index contributed by atoms with van der Waals surface area (Å²) in [5.74, 6) is 0.00275. The summed E-state index contributed by atoms with van der Waals surface area (Å²) in [6, 6.07) is 10.7. The van der Waals surface area contributed by atoms with Gasteiger partial charge in [0.15, 0.2) is 0 Å². The molecule has 1 heterocycles. The molecule has 0 spiro atoms. The normalized spacial score (nSPS) is 11.6. The van der Waals surface area contributed by atoms with Gasteiger partial charge >= 0.3 is 195 Å². The second kappa shape index (κ2) is 11.0. The molecular formula is C23H25NO8Se. The van der Waals surface area contributed by atoms with Gasteiger partial charge in [0.05, 0.1) is 0 Å². The molecule has 0 aliphatic rings. The van der Waals surface area contributed by atoms with Crippen LogP contribution in [0, 0.1) is 0 Å². The molecule has 9 nitrogen and oxygen atoms in total. The fourth-order valence-electron chi connectivity index (χ4n) is 3.31. The molecule has 0 bridgehead atoms. The van der Waals surface area contributed by atoms with E-state index in [1.807, 2.05) is 24.3 Å². The summed E-state index contributed by atoms with van der Waals surface area (Å²) in [6.45, 7) is 1.28. The van der Waals surface area contributed by atoms with Gasteiger partial charge in [0.25, 0.3) is 0 Å². The fraction of sp³-hybridized carbons (Fsp3) is 0.304. The van der Waals surface area contributed by atoms with E-state index >= 15 is 0 Å². The summed E-state index contributed by atoms with van der Waals surface area (Å²) in [4.78, 5) is 23.7. The SMILES string of the molecule is CCOC(=O)COC(=O)Cn1cc([Se](=O)c2cc(OC)c(OC)c(OC)c2)c2ccccc21. The Kier molecular flexibility index (Phi) is 8.08. The Bertz CT molecular complexity index is 1160. The van der Waals surface area contributed by atoms with Gasteiger partial charge < -0.3 is 0 Å². The van der Waals surface area contributed by atoms with Crippen molar-refractivity contribution in [1.82, 2.24) is 4.57 Å². The van der Waals surface area contributed by atoms with Crippen LogP contribution in [-0.4, -0.2) is 64.9 Å². The van der Waals surface area contributed by atoms with Gasteiger partial charge in [0, 0.05) is 0 Å². The maximum atomic E-state index is 13.6. The van der Waals surface area contributed by atoms with Crippen LogP contribution in [-0.2, 0) is 29.4 Å². The number of ether oxygens (including phenoxy) is 5. The number of esters is 2. The van der Waals surface area contributed by atoms with Crippen molar-refractivity contribution in [2.75, 3.05) is 34.5 Å². The zero-order valence-electron chi connectivity index (χ0n) is 18.8. The number of hydrogen-bond acceptors (Lipinski definition) is 8. The quantitative estimate of drug-likeness (QED) is 0.290. The second-order valence-corrected chi connectivity index (χ2v) is 9.77. The summed E-state index contributed by atoms with van der Waals surface area (Å²) in [5.41, 5.74) is 0.720. The van der Waals surface area contributed by atoms with Crippen molar-refractivity contribution in [2.24, 2.45) is 0 Å². The molecule has 3 rings (SSSR count). The molecule has 0 amide bonds. The topological polar surface area (TPSA) is 102 Å². The number of hydrogen-bond donors (Lipinski definition) is 0. The molecule has 0 saturated heterocycles. The van der Waals surface area contributed by atoms with Gasteiger partial charge in [0.2, 0.25) is 0 Å². The molecule has 1 atom stereocenters. The van der Waals surface area contributed by atoms with Crippen molar-refractivity contribution in [1.29, 1.82) is 0 Å². The molecule has 10 heteroatoms.